The van der Waals surface area contributed by atoms with Crippen LogP contribution in [0.3, 0.4) is 0 Å². The van der Waals surface area contributed by atoms with E-state index in [0.29, 0.717) is 8.68 Å². The summed E-state index contributed by atoms with van der Waals surface area (Å²) in [5.74, 6) is 2.46. The summed E-state index contributed by atoms with van der Waals surface area (Å²) < 4.78 is 3.53. The van der Waals surface area contributed by atoms with E-state index >= 15 is 0 Å². The highest BCUT2D eigenvalue weighted by atomic mass is 33.1. The molecule has 184 valence electrons. The minimum atomic E-state index is 0.657. The maximum Gasteiger partial charge on any atom is 0.185 e. The van der Waals surface area contributed by atoms with Gasteiger partial charge in [-0.3, -0.25) is 0 Å². The Labute approximate surface area is 229 Å². The summed E-state index contributed by atoms with van der Waals surface area (Å²) in [6, 6.07) is 0. The number of unbranched alkanes of at least 4 members (excludes halogenated alkanes) is 10. The summed E-state index contributed by atoms with van der Waals surface area (Å²) in [4.78, 5) is 0. The van der Waals surface area contributed by atoms with Gasteiger partial charge >= 0.3 is 0 Å². The molecule has 0 saturated heterocycles. The molecule has 12 heteroatoms. The van der Waals surface area contributed by atoms with Crippen LogP contribution in [0.15, 0.2) is 17.4 Å². The van der Waals surface area contributed by atoms with E-state index < -0.39 is 0 Å². The second kappa shape index (κ2) is 22.7. The predicted molar refractivity (Wildman–Crippen MR) is 158 cm³/mol. The van der Waals surface area contributed by atoms with Crippen LogP contribution in [0.2, 0.25) is 0 Å². The van der Waals surface area contributed by atoms with Crippen molar-refractivity contribution in [3.8, 4) is 0 Å². The van der Waals surface area contributed by atoms with E-state index in [9.17, 15) is 0 Å². The van der Waals surface area contributed by atoms with Gasteiger partial charge in [0, 0.05) is 11.5 Å². The molecule has 2 aromatic rings. The summed E-state index contributed by atoms with van der Waals surface area (Å²) in [5.41, 5.74) is 0. The molecule has 2 aromatic heterocycles. The van der Waals surface area contributed by atoms with Gasteiger partial charge in [-0.2, -0.15) is 0 Å². The smallest absolute Gasteiger partial charge is 0.131 e. The quantitative estimate of drug-likeness (QED) is 0.101. The zero-order valence-corrected chi connectivity index (χ0v) is 25.7. The molecule has 0 fully saturated rings. The molecule has 0 aliphatic heterocycles. The fourth-order valence-corrected chi connectivity index (χ4v) is 9.56. The first-order valence-electron chi connectivity index (χ1n) is 11.3. The molecule has 4 nitrogen and oxygen atoms in total. The zero-order valence-electron chi connectivity index (χ0n) is 19.0. The first kappa shape index (κ1) is 31.3. The first-order chi connectivity index (χ1) is 15.7. The van der Waals surface area contributed by atoms with Gasteiger partial charge in [0.2, 0.25) is 0 Å². The van der Waals surface area contributed by atoms with Gasteiger partial charge in [0.25, 0.3) is 0 Å². The highest BCUT2D eigenvalue weighted by Gasteiger charge is 2.06. The molecule has 0 aromatic carbocycles. The van der Waals surface area contributed by atoms with E-state index in [-0.39, 0.29) is 0 Å². The Morgan fingerprint density at radius 2 is 0.969 bits per heavy atom. The number of nitrogens with zero attached hydrogens (tertiary/aromatic N) is 4. The molecule has 32 heavy (non-hydrogen) atoms. The molecule has 0 radical (unpaired) electrons. The number of rotatable bonds is 18. The van der Waals surface area contributed by atoms with Crippen LogP contribution in [-0.2, 0) is 0 Å². The van der Waals surface area contributed by atoms with Gasteiger partial charge in [0.05, 0.1) is 0 Å². The van der Waals surface area contributed by atoms with Gasteiger partial charge in [-0.1, -0.05) is 122 Å². The molecule has 2 rings (SSSR count). The summed E-state index contributed by atoms with van der Waals surface area (Å²) in [5, 5.41) is 15.7. The van der Waals surface area contributed by atoms with Crippen molar-refractivity contribution in [2.24, 2.45) is 0 Å². The summed E-state index contributed by atoms with van der Waals surface area (Å²) in [7, 11) is 7.47. The lowest BCUT2D eigenvalue weighted by Gasteiger charge is -1.99. The third kappa shape index (κ3) is 18.5. The molecule has 0 N–H and O–H groups in total. The predicted octanol–water partition coefficient (Wildman–Crippen LogP) is 9.86. The lowest BCUT2D eigenvalue weighted by atomic mass is 10.1. The third-order valence-corrected chi connectivity index (χ3v) is 11.9. The average molecular weight is 589 g/mol. The fraction of sp³-hybridized carbons (Fsp3) is 0.800. The van der Waals surface area contributed by atoms with Crippen molar-refractivity contribution in [2.75, 3.05) is 11.5 Å². The van der Waals surface area contributed by atoms with Crippen LogP contribution in [0, 0.1) is 0 Å². The van der Waals surface area contributed by atoms with Crippen LogP contribution < -0.4 is 0 Å². The van der Waals surface area contributed by atoms with Gasteiger partial charge < -0.3 is 0 Å². The van der Waals surface area contributed by atoms with Crippen molar-refractivity contribution >= 4 is 91.1 Å². The first-order valence-corrected chi connectivity index (χ1v) is 18.5. The zero-order chi connectivity index (χ0) is 23.3. The van der Waals surface area contributed by atoms with E-state index in [1.165, 1.54) is 99.9 Å². The number of hydrogen-bond acceptors (Lipinski definition) is 12. The molecular weight excluding hydrogens is 553 g/mol. The SMILES string of the molecule is CCCCCCCCSSc1nnc(SSCCCCCCCC)s1.Sc1nnc(S)s1. The molecule has 0 atom stereocenters. The van der Waals surface area contributed by atoms with Gasteiger partial charge in [0.15, 0.2) is 17.4 Å². The van der Waals surface area contributed by atoms with Gasteiger partial charge in [-0.05, 0) is 34.4 Å². The van der Waals surface area contributed by atoms with Crippen molar-refractivity contribution < 1.29 is 0 Å². The van der Waals surface area contributed by atoms with Crippen molar-refractivity contribution in [1.29, 1.82) is 0 Å². The standard InChI is InChI=1S/C18H34N2S5.C2H2N2S3/c1-3-5-7-9-11-13-15-21-24-17-19-20-18(23-17)25-22-16-14-12-10-8-6-4-2;5-1-3-4-2(6)7-1/h3-16H2,1-2H3;(H,3,5)(H,4,6). The largest absolute Gasteiger partial charge is 0.185 e. The summed E-state index contributed by atoms with van der Waals surface area (Å²) in [6.07, 6.45) is 16.5. The van der Waals surface area contributed by atoms with Gasteiger partial charge in [0.1, 0.15) is 0 Å². The molecule has 0 saturated carbocycles. The Kier molecular flexibility index (Phi) is 22.1. The van der Waals surface area contributed by atoms with E-state index in [4.69, 9.17) is 0 Å². The summed E-state index contributed by atoms with van der Waals surface area (Å²) >= 11 is 10.9. The van der Waals surface area contributed by atoms with Crippen LogP contribution >= 0.6 is 91.1 Å². The number of hydrogen-bond donors (Lipinski definition) is 2. The highest BCUT2D eigenvalue weighted by Crippen LogP contribution is 2.39. The monoisotopic (exact) mass is 588 g/mol. The van der Waals surface area contributed by atoms with E-state index in [2.05, 4.69) is 59.5 Å². The Morgan fingerprint density at radius 3 is 1.34 bits per heavy atom. The molecule has 0 aliphatic rings. The average Bonchev–Trinajstić information content (AvgIpc) is 3.40. The molecule has 0 amide bonds. The summed E-state index contributed by atoms with van der Waals surface area (Å²) in [6.45, 7) is 4.54. The molecular formula is C20H36N4S8. The maximum absolute atomic E-state index is 4.30. The highest BCUT2D eigenvalue weighted by molar-refractivity contribution is 8.77. The lowest BCUT2D eigenvalue weighted by Crippen LogP contribution is -1.80. The van der Waals surface area contributed by atoms with Crippen molar-refractivity contribution in [3.63, 3.8) is 0 Å². The van der Waals surface area contributed by atoms with E-state index in [1.54, 1.807) is 32.9 Å². The Balaban J connectivity index is 0.000000616. The second-order valence-electron chi connectivity index (χ2n) is 7.05. The van der Waals surface area contributed by atoms with Gasteiger partial charge in [-0.25, -0.2) is 0 Å². The van der Waals surface area contributed by atoms with Crippen molar-refractivity contribution in [2.45, 2.75) is 108 Å². The second-order valence-corrected chi connectivity index (χ2v) is 15.8. The van der Waals surface area contributed by atoms with Crippen LogP contribution in [0.1, 0.15) is 90.9 Å². The Hall–Kier alpha value is 1.22. The molecule has 2 heterocycles. The van der Waals surface area contributed by atoms with Crippen LogP contribution in [-0.4, -0.2) is 31.9 Å². The fourth-order valence-electron chi connectivity index (χ4n) is 2.54. The van der Waals surface area contributed by atoms with E-state index in [0.717, 1.165) is 8.68 Å². The van der Waals surface area contributed by atoms with Crippen molar-refractivity contribution in [1.82, 2.24) is 20.4 Å². The molecule has 0 bridgehead atoms. The normalized spacial score (nSPS) is 10.9. The third-order valence-electron chi connectivity index (χ3n) is 4.21. The topological polar surface area (TPSA) is 51.6 Å². The number of thiol groups is 2. The van der Waals surface area contributed by atoms with Crippen LogP contribution in [0.4, 0.5) is 0 Å². The van der Waals surface area contributed by atoms with Crippen LogP contribution in [0.25, 0.3) is 0 Å². The lowest BCUT2D eigenvalue weighted by molar-refractivity contribution is 0.627. The molecule has 0 spiro atoms. The number of aromatic nitrogens is 4. The minimum Gasteiger partial charge on any atom is -0.131 e. The van der Waals surface area contributed by atoms with E-state index in [1.807, 2.05) is 21.6 Å². The molecule has 0 aliphatic carbocycles. The maximum atomic E-state index is 4.30. The van der Waals surface area contributed by atoms with Crippen molar-refractivity contribution in [3.05, 3.63) is 0 Å². The Morgan fingerprint density at radius 1 is 0.562 bits per heavy atom. The Bertz CT molecular complexity index is 617. The van der Waals surface area contributed by atoms with Crippen LogP contribution in [0.5, 0.6) is 0 Å². The molecule has 0 unspecified atom stereocenters. The minimum absolute atomic E-state index is 0.657. The van der Waals surface area contributed by atoms with Gasteiger partial charge in [-0.15, -0.1) is 45.7 Å².